The van der Waals surface area contributed by atoms with E-state index >= 15 is 0 Å². The monoisotopic (exact) mass is 289 g/mol. The van der Waals surface area contributed by atoms with Crippen molar-refractivity contribution in [1.29, 1.82) is 0 Å². The minimum atomic E-state index is -0.125. The number of hydrogen-bond donors (Lipinski definition) is 2. The van der Waals surface area contributed by atoms with Gasteiger partial charge in [0.1, 0.15) is 0 Å². The van der Waals surface area contributed by atoms with Gasteiger partial charge in [-0.25, -0.2) is 0 Å². The molecule has 5 nitrogen and oxygen atoms in total. The molecule has 2 aliphatic rings. The molecular formula is C16H23N3O2. The zero-order chi connectivity index (χ0) is 14.8. The highest BCUT2D eigenvalue weighted by molar-refractivity contribution is 5.99. The van der Waals surface area contributed by atoms with Crippen LogP contribution in [0.25, 0.3) is 0 Å². The van der Waals surface area contributed by atoms with Gasteiger partial charge >= 0.3 is 0 Å². The van der Waals surface area contributed by atoms with Crippen molar-refractivity contribution in [2.45, 2.75) is 31.9 Å². The molecule has 2 atom stereocenters. The summed E-state index contributed by atoms with van der Waals surface area (Å²) in [6, 6.07) is 6.08. The largest absolute Gasteiger partial charge is 0.398 e. The van der Waals surface area contributed by atoms with Crippen molar-refractivity contribution in [3.8, 4) is 0 Å². The first-order chi connectivity index (χ1) is 10.1. The number of fused-ring (bicyclic) bond motifs is 1. The molecule has 0 bridgehead atoms. The zero-order valence-corrected chi connectivity index (χ0v) is 12.5. The van der Waals surface area contributed by atoms with E-state index < -0.39 is 0 Å². The Balaban J connectivity index is 1.54. The molecule has 2 heterocycles. The van der Waals surface area contributed by atoms with E-state index in [0.29, 0.717) is 23.8 Å². The second kappa shape index (κ2) is 6.03. The molecule has 2 fully saturated rings. The highest BCUT2D eigenvalue weighted by Gasteiger charge is 2.32. The molecular weight excluding hydrogens is 266 g/mol. The van der Waals surface area contributed by atoms with Crippen LogP contribution in [0.5, 0.6) is 0 Å². The summed E-state index contributed by atoms with van der Waals surface area (Å²) in [6.45, 7) is 5.35. The summed E-state index contributed by atoms with van der Waals surface area (Å²) in [7, 11) is 0. The molecule has 21 heavy (non-hydrogen) atoms. The number of aryl methyl sites for hydroxylation is 1. The van der Waals surface area contributed by atoms with Gasteiger partial charge in [-0.15, -0.1) is 0 Å². The molecule has 1 aromatic rings. The molecule has 1 amide bonds. The highest BCUT2D eigenvalue weighted by atomic mass is 16.5. The molecule has 5 heteroatoms. The van der Waals surface area contributed by atoms with Crippen LogP contribution in [0.1, 0.15) is 28.8 Å². The van der Waals surface area contributed by atoms with Gasteiger partial charge in [0.2, 0.25) is 0 Å². The number of ether oxygens (including phenoxy) is 1. The number of nitrogens with zero attached hydrogens (tertiary/aromatic N) is 1. The van der Waals surface area contributed by atoms with E-state index in [1.165, 1.54) is 12.8 Å². The predicted molar refractivity (Wildman–Crippen MR) is 82.3 cm³/mol. The molecule has 1 aromatic carbocycles. The van der Waals surface area contributed by atoms with Crippen molar-refractivity contribution in [2.75, 3.05) is 32.0 Å². The van der Waals surface area contributed by atoms with Crippen LogP contribution < -0.4 is 11.1 Å². The van der Waals surface area contributed by atoms with Crippen molar-refractivity contribution in [1.82, 2.24) is 10.2 Å². The summed E-state index contributed by atoms with van der Waals surface area (Å²) in [6.07, 6.45) is 2.57. The SMILES string of the molecule is Cc1ccc(C(=O)NCC2CN3CCCC3CO2)c(N)c1. The van der Waals surface area contributed by atoms with Gasteiger partial charge in [-0.1, -0.05) is 6.07 Å². The van der Waals surface area contributed by atoms with E-state index in [0.717, 1.165) is 25.3 Å². The molecule has 0 radical (unpaired) electrons. The fourth-order valence-corrected chi connectivity index (χ4v) is 3.20. The van der Waals surface area contributed by atoms with Gasteiger partial charge in [-0.3, -0.25) is 9.69 Å². The highest BCUT2D eigenvalue weighted by Crippen LogP contribution is 2.22. The standard InChI is InChI=1S/C16H23N3O2/c1-11-4-5-14(15(17)7-11)16(20)18-8-13-9-19-6-2-3-12(19)10-21-13/h4-5,7,12-13H,2-3,6,8-10,17H2,1H3,(H,18,20). The number of nitrogen functional groups attached to an aromatic ring is 1. The lowest BCUT2D eigenvalue weighted by molar-refractivity contribution is -0.0461. The van der Waals surface area contributed by atoms with Crippen LogP contribution in [0.4, 0.5) is 5.69 Å². The minimum absolute atomic E-state index is 0.0787. The van der Waals surface area contributed by atoms with Gasteiger partial charge in [0.25, 0.3) is 5.91 Å². The second-order valence-corrected chi connectivity index (χ2v) is 6.05. The number of morpholine rings is 1. The first kappa shape index (κ1) is 14.4. The smallest absolute Gasteiger partial charge is 0.253 e. The van der Waals surface area contributed by atoms with Crippen LogP contribution in [-0.4, -0.2) is 49.2 Å². The summed E-state index contributed by atoms with van der Waals surface area (Å²) in [5.41, 5.74) is 8.02. The molecule has 0 saturated carbocycles. The fourth-order valence-electron chi connectivity index (χ4n) is 3.20. The molecule has 0 spiro atoms. The van der Waals surface area contributed by atoms with Crippen molar-refractivity contribution in [3.05, 3.63) is 29.3 Å². The Morgan fingerprint density at radius 2 is 2.38 bits per heavy atom. The number of carbonyl (C=O) groups is 1. The lowest BCUT2D eigenvalue weighted by Gasteiger charge is -2.35. The van der Waals surface area contributed by atoms with Crippen molar-refractivity contribution >= 4 is 11.6 Å². The Morgan fingerprint density at radius 3 is 3.19 bits per heavy atom. The van der Waals surface area contributed by atoms with Gasteiger partial charge in [-0.2, -0.15) is 0 Å². The number of benzene rings is 1. The molecule has 114 valence electrons. The number of anilines is 1. The van der Waals surface area contributed by atoms with E-state index in [9.17, 15) is 4.79 Å². The van der Waals surface area contributed by atoms with E-state index in [4.69, 9.17) is 10.5 Å². The summed E-state index contributed by atoms with van der Waals surface area (Å²) in [4.78, 5) is 14.7. The maximum Gasteiger partial charge on any atom is 0.253 e. The molecule has 2 saturated heterocycles. The van der Waals surface area contributed by atoms with Gasteiger partial charge in [0.05, 0.1) is 18.3 Å². The molecule has 0 aromatic heterocycles. The van der Waals surface area contributed by atoms with Crippen LogP contribution in [0.15, 0.2) is 18.2 Å². The third kappa shape index (κ3) is 3.19. The number of nitrogens with two attached hydrogens (primary N) is 1. The maximum absolute atomic E-state index is 12.2. The molecule has 3 rings (SSSR count). The van der Waals surface area contributed by atoms with Crippen molar-refractivity contribution in [3.63, 3.8) is 0 Å². The average molecular weight is 289 g/mol. The molecule has 3 N–H and O–H groups in total. The Bertz CT molecular complexity index is 532. The first-order valence-corrected chi connectivity index (χ1v) is 7.63. The molecule has 0 aliphatic carbocycles. The third-order valence-corrected chi connectivity index (χ3v) is 4.40. The Hall–Kier alpha value is -1.59. The lowest BCUT2D eigenvalue weighted by Crippen LogP contribution is -2.50. The molecule has 2 unspecified atom stereocenters. The maximum atomic E-state index is 12.2. The van der Waals surface area contributed by atoms with Gasteiger partial charge in [-0.05, 0) is 44.0 Å². The van der Waals surface area contributed by atoms with Crippen LogP contribution in [-0.2, 0) is 4.74 Å². The van der Waals surface area contributed by atoms with Crippen LogP contribution in [0.2, 0.25) is 0 Å². The van der Waals surface area contributed by atoms with Crippen LogP contribution in [0, 0.1) is 6.92 Å². The van der Waals surface area contributed by atoms with E-state index in [-0.39, 0.29) is 12.0 Å². The van der Waals surface area contributed by atoms with E-state index in [1.807, 2.05) is 19.1 Å². The van der Waals surface area contributed by atoms with Gasteiger partial charge in [0, 0.05) is 24.8 Å². The van der Waals surface area contributed by atoms with Crippen molar-refractivity contribution < 1.29 is 9.53 Å². The number of nitrogens with one attached hydrogen (secondary N) is 1. The van der Waals surface area contributed by atoms with E-state index in [2.05, 4.69) is 10.2 Å². The third-order valence-electron chi connectivity index (χ3n) is 4.40. The fraction of sp³-hybridized carbons (Fsp3) is 0.562. The Labute approximate surface area is 125 Å². The number of carbonyl (C=O) groups excluding carboxylic acids is 1. The predicted octanol–water partition coefficient (Wildman–Crippen LogP) is 1.17. The summed E-state index contributed by atoms with van der Waals surface area (Å²) >= 11 is 0. The Morgan fingerprint density at radius 1 is 1.52 bits per heavy atom. The second-order valence-electron chi connectivity index (χ2n) is 6.05. The van der Waals surface area contributed by atoms with E-state index in [1.54, 1.807) is 6.07 Å². The first-order valence-electron chi connectivity index (χ1n) is 7.63. The summed E-state index contributed by atoms with van der Waals surface area (Å²) in [5.74, 6) is -0.125. The number of amides is 1. The van der Waals surface area contributed by atoms with Crippen molar-refractivity contribution in [2.24, 2.45) is 0 Å². The molecule has 2 aliphatic heterocycles. The van der Waals surface area contributed by atoms with Crippen LogP contribution >= 0.6 is 0 Å². The summed E-state index contributed by atoms with van der Waals surface area (Å²) in [5, 5.41) is 2.94. The Kier molecular flexibility index (Phi) is 4.12. The van der Waals surface area contributed by atoms with Crippen LogP contribution in [0.3, 0.4) is 0 Å². The number of rotatable bonds is 3. The normalized spacial score (nSPS) is 25.6. The zero-order valence-electron chi connectivity index (χ0n) is 12.5. The summed E-state index contributed by atoms with van der Waals surface area (Å²) < 4.78 is 5.84. The quantitative estimate of drug-likeness (QED) is 0.820. The van der Waals surface area contributed by atoms with Gasteiger partial charge < -0.3 is 15.8 Å². The number of hydrogen-bond acceptors (Lipinski definition) is 4. The average Bonchev–Trinajstić information content (AvgIpc) is 2.92. The lowest BCUT2D eigenvalue weighted by atomic mass is 10.1. The minimum Gasteiger partial charge on any atom is -0.398 e. The topological polar surface area (TPSA) is 67.6 Å². The van der Waals surface area contributed by atoms with Gasteiger partial charge in [0.15, 0.2) is 0 Å².